The van der Waals surface area contributed by atoms with E-state index in [9.17, 15) is 9.59 Å². The van der Waals surface area contributed by atoms with E-state index in [0.717, 1.165) is 4.88 Å². The Balaban J connectivity index is 1.49. The third-order valence-corrected chi connectivity index (χ3v) is 5.28. The number of nitrogens with zero attached hydrogens (tertiary/aromatic N) is 2. The lowest BCUT2D eigenvalue weighted by Crippen LogP contribution is -2.50. The topological polar surface area (TPSA) is 71.1 Å². The van der Waals surface area contributed by atoms with Gasteiger partial charge in [0.1, 0.15) is 0 Å². The highest BCUT2D eigenvalue weighted by molar-refractivity contribution is 7.12. The van der Waals surface area contributed by atoms with Crippen molar-refractivity contribution in [2.45, 2.75) is 0 Å². The molecule has 0 unspecified atom stereocenters. The fraction of sp³-hybridized carbons (Fsp3) is 0.368. The number of hydrogen-bond acceptors (Lipinski definition) is 6. The standard InChI is InChI=1S/C19H23N3O4S/c1-25-15-6-5-14(12-16(15)26-2)20-18(23)13-21-7-9-22(10-8-21)19(24)17-4-3-11-27-17/h3-6,11-12H,7-10,13H2,1-2H3,(H,20,23). The third-order valence-electron chi connectivity index (χ3n) is 4.43. The highest BCUT2D eigenvalue weighted by atomic mass is 32.1. The van der Waals surface area contributed by atoms with Crippen molar-refractivity contribution in [3.63, 3.8) is 0 Å². The highest BCUT2D eigenvalue weighted by Gasteiger charge is 2.23. The van der Waals surface area contributed by atoms with Crippen LogP contribution in [0.15, 0.2) is 35.7 Å². The normalized spacial score (nSPS) is 14.7. The van der Waals surface area contributed by atoms with Crippen LogP contribution in [0.25, 0.3) is 0 Å². The average molecular weight is 389 g/mol. The summed E-state index contributed by atoms with van der Waals surface area (Å²) in [4.78, 5) is 29.3. The molecule has 0 aliphatic carbocycles. The van der Waals surface area contributed by atoms with Crippen LogP contribution in [-0.2, 0) is 4.79 Å². The van der Waals surface area contributed by atoms with E-state index in [1.54, 1.807) is 32.4 Å². The number of hydrogen-bond donors (Lipinski definition) is 1. The van der Waals surface area contributed by atoms with Crippen LogP contribution in [-0.4, -0.2) is 68.6 Å². The lowest BCUT2D eigenvalue weighted by Gasteiger charge is -2.34. The molecule has 0 spiro atoms. The lowest BCUT2D eigenvalue weighted by atomic mass is 10.2. The van der Waals surface area contributed by atoms with E-state index in [1.165, 1.54) is 11.3 Å². The molecule has 1 aliphatic heterocycles. The Hall–Kier alpha value is -2.58. The van der Waals surface area contributed by atoms with Crippen molar-refractivity contribution < 1.29 is 19.1 Å². The van der Waals surface area contributed by atoms with Crippen LogP contribution in [0.1, 0.15) is 9.67 Å². The number of nitrogens with one attached hydrogen (secondary N) is 1. The fourth-order valence-corrected chi connectivity index (χ4v) is 3.67. The van der Waals surface area contributed by atoms with Crippen LogP contribution < -0.4 is 14.8 Å². The number of carbonyl (C=O) groups excluding carboxylic acids is 2. The molecular formula is C19H23N3O4S. The minimum absolute atomic E-state index is 0.0689. The van der Waals surface area contributed by atoms with Crippen LogP contribution in [0.3, 0.4) is 0 Å². The molecule has 2 heterocycles. The highest BCUT2D eigenvalue weighted by Crippen LogP contribution is 2.29. The zero-order valence-electron chi connectivity index (χ0n) is 15.4. The van der Waals surface area contributed by atoms with Gasteiger partial charge in [0.15, 0.2) is 11.5 Å². The molecule has 0 saturated carbocycles. The third kappa shape index (κ3) is 4.78. The Bertz CT molecular complexity index is 786. The van der Waals surface area contributed by atoms with E-state index in [-0.39, 0.29) is 18.4 Å². The Morgan fingerprint density at radius 3 is 2.44 bits per heavy atom. The van der Waals surface area contributed by atoms with Crippen molar-refractivity contribution >= 4 is 28.8 Å². The van der Waals surface area contributed by atoms with Crippen LogP contribution in [0.2, 0.25) is 0 Å². The van der Waals surface area contributed by atoms with Gasteiger partial charge in [-0.1, -0.05) is 6.07 Å². The molecule has 1 aromatic carbocycles. The number of thiophene rings is 1. The molecule has 1 N–H and O–H groups in total. The van der Waals surface area contributed by atoms with Gasteiger partial charge < -0.3 is 19.7 Å². The first-order chi connectivity index (χ1) is 13.1. The number of piperazine rings is 1. The van der Waals surface area contributed by atoms with Gasteiger partial charge in [0.2, 0.25) is 5.91 Å². The second-order valence-electron chi connectivity index (χ2n) is 6.16. The number of anilines is 1. The summed E-state index contributed by atoms with van der Waals surface area (Å²) >= 11 is 1.45. The summed E-state index contributed by atoms with van der Waals surface area (Å²) in [5.74, 6) is 1.15. The second kappa shape index (κ2) is 8.88. The monoisotopic (exact) mass is 389 g/mol. The summed E-state index contributed by atoms with van der Waals surface area (Å²) in [5.41, 5.74) is 0.657. The van der Waals surface area contributed by atoms with E-state index in [0.29, 0.717) is 43.4 Å². The molecule has 7 nitrogen and oxygen atoms in total. The predicted octanol–water partition coefficient (Wildman–Crippen LogP) is 2.16. The number of amides is 2. The molecule has 144 valence electrons. The quantitative estimate of drug-likeness (QED) is 0.820. The maximum absolute atomic E-state index is 12.4. The summed E-state index contributed by atoms with van der Waals surface area (Å²) < 4.78 is 10.4. The summed E-state index contributed by atoms with van der Waals surface area (Å²) in [6.07, 6.45) is 0. The van der Waals surface area contributed by atoms with Gasteiger partial charge in [-0.15, -0.1) is 11.3 Å². The first kappa shape index (κ1) is 19.2. The molecule has 3 rings (SSSR count). The molecule has 27 heavy (non-hydrogen) atoms. The van der Waals surface area contributed by atoms with E-state index in [4.69, 9.17) is 9.47 Å². The summed E-state index contributed by atoms with van der Waals surface area (Å²) in [7, 11) is 3.12. The first-order valence-corrected chi connectivity index (χ1v) is 9.55. The van der Waals surface area contributed by atoms with Crippen molar-refractivity contribution in [2.24, 2.45) is 0 Å². The number of methoxy groups -OCH3 is 2. The molecule has 1 saturated heterocycles. The van der Waals surface area contributed by atoms with Crippen LogP contribution in [0.4, 0.5) is 5.69 Å². The van der Waals surface area contributed by atoms with Gasteiger partial charge in [-0.2, -0.15) is 0 Å². The largest absolute Gasteiger partial charge is 0.493 e. The minimum atomic E-state index is -0.0970. The summed E-state index contributed by atoms with van der Waals surface area (Å²) in [5, 5.41) is 4.78. The number of ether oxygens (including phenoxy) is 2. The molecule has 0 atom stereocenters. The van der Waals surface area contributed by atoms with Crippen LogP contribution >= 0.6 is 11.3 Å². The van der Waals surface area contributed by atoms with Gasteiger partial charge in [0.25, 0.3) is 5.91 Å². The van der Waals surface area contributed by atoms with E-state index >= 15 is 0 Å². The molecule has 2 amide bonds. The summed E-state index contributed by atoms with van der Waals surface area (Å²) in [6.45, 7) is 2.89. The zero-order valence-corrected chi connectivity index (χ0v) is 16.3. The minimum Gasteiger partial charge on any atom is -0.493 e. The van der Waals surface area contributed by atoms with Crippen molar-refractivity contribution in [1.82, 2.24) is 9.80 Å². The lowest BCUT2D eigenvalue weighted by molar-refractivity contribution is -0.117. The van der Waals surface area contributed by atoms with Gasteiger partial charge in [0.05, 0.1) is 25.6 Å². The van der Waals surface area contributed by atoms with Crippen molar-refractivity contribution in [2.75, 3.05) is 52.3 Å². The Labute approximate surface area is 162 Å². The fourth-order valence-electron chi connectivity index (χ4n) is 2.98. The second-order valence-corrected chi connectivity index (χ2v) is 7.11. The smallest absolute Gasteiger partial charge is 0.264 e. The van der Waals surface area contributed by atoms with Gasteiger partial charge in [-0.25, -0.2) is 0 Å². The number of carbonyl (C=O) groups is 2. The number of rotatable bonds is 6. The van der Waals surface area contributed by atoms with Gasteiger partial charge >= 0.3 is 0 Å². The van der Waals surface area contributed by atoms with Crippen LogP contribution in [0.5, 0.6) is 11.5 Å². The zero-order chi connectivity index (χ0) is 19.2. The van der Waals surface area contributed by atoms with E-state index < -0.39 is 0 Å². The first-order valence-electron chi connectivity index (χ1n) is 8.67. The SMILES string of the molecule is COc1ccc(NC(=O)CN2CCN(C(=O)c3cccs3)CC2)cc1OC. The van der Waals surface area contributed by atoms with Gasteiger partial charge in [-0.3, -0.25) is 14.5 Å². The Morgan fingerprint density at radius 2 is 1.81 bits per heavy atom. The predicted molar refractivity (Wildman–Crippen MR) is 105 cm³/mol. The van der Waals surface area contributed by atoms with Crippen molar-refractivity contribution in [3.8, 4) is 11.5 Å². The molecular weight excluding hydrogens is 366 g/mol. The average Bonchev–Trinajstić information content (AvgIpc) is 3.22. The number of benzene rings is 1. The van der Waals surface area contributed by atoms with Crippen molar-refractivity contribution in [3.05, 3.63) is 40.6 Å². The molecule has 8 heteroatoms. The van der Waals surface area contributed by atoms with E-state index in [2.05, 4.69) is 5.32 Å². The Kier molecular flexibility index (Phi) is 6.31. The molecule has 1 fully saturated rings. The maximum atomic E-state index is 12.4. The van der Waals surface area contributed by atoms with Crippen LogP contribution in [0, 0.1) is 0 Å². The Morgan fingerprint density at radius 1 is 1.07 bits per heavy atom. The molecule has 1 aromatic heterocycles. The van der Waals surface area contributed by atoms with Gasteiger partial charge in [0, 0.05) is 37.9 Å². The molecule has 0 bridgehead atoms. The molecule has 1 aliphatic rings. The van der Waals surface area contributed by atoms with Crippen molar-refractivity contribution in [1.29, 1.82) is 0 Å². The summed E-state index contributed by atoms with van der Waals surface area (Å²) in [6, 6.07) is 8.98. The molecule has 0 radical (unpaired) electrons. The maximum Gasteiger partial charge on any atom is 0.264 e. The van der Waals surface area contributed by atoms with Gasteiger partial charge in [-0.05, 0) is 23.6 Å². The van der Waals surface area contributed by atoms with E-state index in [1.807, 2.05) is 27.3 Å². The molecule has 2 aromatic rings.